The molecule has 0 saturated carbocycles. The van der Waals surface area contributed by atoms with E-state index in [4.69, 9.17) is 0 Å². The number of hydrogen-bond donors (Lipinski definition) is 3. The van der Waals surface area contributed by atoms with Gasteiger partial charge in [-0.05, 0) is 43.4 Å². The summed E-state index contributed by atoms with van der Waals surface area (Å²) in [6, 6.07) is 17.7. The van der Waals surface area contributed by atoms with Gasteiger partial charge in [-0.3, -0.25) is 9.59 Å². The fourth-order valence-corrected chi connectivity index (χ4v) is 4.97. The van der Waals surface area contributed by atoms with Crippen molar-refractivity contribution in [3.63, 3.8) is 0 Å². The molecule has 4 rings (SSSR count). The zero-order valence-electron chi connectivity index (χ0n) is 18.7. The summed E-state index contributed by atoms with van der Waals surface area (Å²) < 4.78 is 0. The molecule has 33 heavy (non-hydrogen) atoms. The number of nitrogens with one attached hydrogen (secondary N) is 2. The summed E-state index contributed by atoms with van der Waals surface area (Å²) in [5, 5.41) is 15.9. The highest BCUT2D eigenvalue weighted by atomic mass is 16.4. The molecule has 2 atom stereocenters. The van der Waals surface area contributed by atoms with Gasteiger partial charge in [0.25, 0.3) is 0 Å². The van der Waals surface area contributed by atoms with Gasteiger partial charge in [-0.25, -0.2) is 4.79 Å². The van der Waals surface area contributed by atoms with Crippen molar-refractivity contribution in [1.82, 2.24) is 15.5 Å². The molecule has 2 fully saturated rings. The first kappa shape index (κ1) is 23.0. The van der Waals surface area contributed by atoms with E-state index in [0.29, 0.717) is 25.9 Å². The van der Waals surface area contributed by atoms with Crippen molar-refractivity contribution < 1.29 is 19.5 Å². The van der Waals surface area contributed by atoms with Crippen molar-refractivity contribution >= 4 is 17.8 Å². The molecule has 0 aliphatic carbocycles. The summed E-state index contributed by atoms with van der Waals surface area (Å²) in [7, 11) is 0. The maximum absolute atomic E-state index is 13.7. The van der Waals surface area contributed by atoms with Gasteiger partial charge in [0.1, 0.15) is 6.04 Å². The molecular weight excluding hydrogens is 418 g/mol. The lowest BCUT2D eigenvalue weighted by Gasteiger charge is -2.42. The monoisotopic (exact) mass is 449 g/mol. The highest BCUT2D eigenvalue weighted by Crippen LogP contribution is 2.36. The first-order valence-electron chi connectivity index (χ1n) is 11.6. The Morgan fingerprint density at radius 1 is 1.03 bits per heavy atom. The van der Waals surface area contributed by atoms with Crippen LogP contribution in [0.1, 0.15) is 36.8 Å². The minimum absolute atomic E-state index is 0.0991. The van der Waals surface area contributed by atoms with Crippen LogP contribution in [0.3, 0.4) is 0 Å². The maximum atomic E-state index is 13.7. The number of carbonyl (C=O) groups excluding carboxylic acids is 2. The van der Waals surface area contributed by atoms with Crippen molar-refractivity contribution in [2.75, 3.05) is 19.6 Å². The van der Waals surface area contributed by atoms with Crippen LogP contribution < -0.4 is 10.6 Å². The van der Waals surface area contributed by atoms with E-state index in [-0.39, 0.29) is 24.3 Å². The highest BCUT2D eigenvalue weighted by molar-refractivity contribution is 5.92. The average molecular weight is 450 g/mol. The third-order valence-corrected chi connectivity index (χ3v) is 6.93. The van der Waals surface area contributed by atoms with Gasteiger partial charge in [-0.2, -0.15) is 0 Å². The fraction of sp³-hybridized carbons (Fsp3) is 0.423. The van der Waals surface area contributed by atoms with Crippen LogP contribution in [-0.4, -0.2) is 59.5 Å². The third kappa shape index (κ3) is 5.09. The van der Waals surface area contributed by atoms with Gasteiger partial charge < -0.3 is 20.6 Å². The molecule has 2 amide bonds. The van der Waals surface area contributed by atoms with Crippen LogP contribution in [0.4, 0.5) is 0 Å². The molecule has 2 heterocycles. The number of nitrogens with zero attached hydrogens (tertiary/aromatic N) is 1. The SMILES string of the molecule is O=C(O)[C@H](Cc1ccccc1)NC(=O)C1(c2ccccc2)CCN(C(=O)[C@@H]2CCCN2)CC1. The van der Waals surface area contributed by atoms with Crippen molar-refractivity contribution in [3.8, 4) is 0 Å². The second kappa shape index (κ2) is 10.2. The van der Waals surface area contributed by atoms with Crippen molar-refractivity contribution in [2.24, 2.45) is 0 Å². The molecule has 2 saturated heterocycles. The maximum Gasteiger partial charge on any atom is 0.326 e. The Labute approximate surface area is 194 Å². The Kier molecular flexibility index (Phi) is 7.08. The van der Waals surface area contributed by atoms with Gasteiger partial charge in [0.15, 0.2) is 0 Å². The minimum atomic E-state index is -1.06. The molecule has 174 valence electrons. The zero-order valence-corrected chi connectivity index (χ0v) is 18.7. The number of carboxylic acids is 1. The van der Waals surface area contributed by atoms with E-state index >= 15 is 0 Å². The Morgan fingerprint density at radius 2 is 1.67 bits per heavy atom. The van der Waals surface area contributed by atoms with Crippen LogP contribution in [0.15, 0.2) is 60.7 Å². The summed E-state index contributed by atoms with van der Waals surface area (Å²) in [4.78, 5) is 40.4. The second-order valence-electron chi connectivity index (χ2n) is 8.98. The van der Waals surface area contributed by atoms with E-state index in [1.165, 1.54) is 0 Å². The van der Waals surface area contributed by atoms with Crippen LogP contribution in [0, 0.1) is 0 Å². The van der Waals surface area contributed by atoms with Gasteiger partial charge in [-0.15, -0.1) is 0 Å². The van der Waals surface area contributed by atoms with Crippen LogP contribution in [-0.2, 0) is 26.2 Å². The first-order valence-corrected chi connectivity index (χ1v) is 11.6. The predicted molar refractivity (Wildman–Crippen MR) is 125 cm³/mol. The lowest BCUT2D eigenvalue weighted by molar-refractivity contribution is -0.143. The largest absolute Gasteiger partial charge is 0.480 e. The van der Waals surface area contributed by atoms with E-state index < -0.39 is 17.4 Å². The van der Waals surface area contributed by atoms with Crippen LogP contribution >= 0.6 is 0 Å². The number of piperidine rings is 1. The molecule has 3 N–H and O–H groups in total. The molecule has 0 unspecified atom stereocenters. The molecule has 7 nitrogen and oxygen atoms in total. The topological polar surface area (TPSA) is 98.7 Å². The zero-order chi connectivity index (χ0) is 23.3. The van der Waals surface area contributed by atoms with Gasteiger partial charge >= 0.3 is 5.97 Å². The lowest BCUT2D eigenvalue weighted by Crippen LogP contribution is -2.57. The fourth-order valence-electron chi connectivity index (χ4n) is 4.97. The van der Waals surface area contributed by atoms with Crippen molar-refractivity contribution in [3.05, 3.63) is 71.8 Å². The van der Waals surface area contributed by atoms with Gasteiger partial charge in [-0.1, -0.05) is 60.7 Å². The van der Waals surface area contributed by atoms with Gasteiger partial charge in [0.05, 0.1) is 11.5 Å². The Hall–Kier alpha value is -3.19. The molecule has 2 aliphatic heterocycles. The molecule has 2 aromatic carbocycles. The van der Waals surface area contributed by atoms with E-state index in [1.54, 1.807) is 0 Å². The molecule has 0 aromatic heterocycles. The molecule has 7 heteroatoms. The smallest absolute Gasteiger partial charge is 0.326 e. The van der Waals surface area contributed by atoms with Crippen LogP contribution in [0.25, 0.3) is 0 Å². The standard InChI is InChI=1S/C26H31N3O4/c30-23(21-12-7-15-27-21)29-16-13-26(14-17-29,20-10-5-2-6-11-20)25(33)28-22(24(31)32)18-19-8-3-1-4-9-19/h1-6,8-11,21-22,27H,7,12-18H2,(H,28,33)(H,31,32)/t21-,22-/m0/s1. The van der Waals surface area contributed by atoms with Crippen LogP contribution in [0.5, 0.6) is 0 Å². The van der Waals surface area contributed by atoms with E-state index in [2.05, 4.69) is 10.6 Å². The van der Waals surface area contributed by atoms with Gasteiger partial charge in [0.2, 0.25) is 11.8 Å². The highest BCUT2D eigenvalue weighted by Gasteiger charge is 2.45. The lowest BCUT2D eigenvalue weighted by atomic mass is 9.71. The molecule has 0 radical (unpaired) electrons. The van der Waals surface area contributed by atoms with Gasteiger partial charge in [0, 0.05) is 19.5 Å². The number of aliphatic carboxylic acids is 1. The number of rotatable bonds is 7. The summed E-state index contributed by atoms with van der Waals surface area (Å²) >= 11 is 0. The third-order valence-electron chi connectivity index (χ3n) is 6.93. The number of amides is 2. The van der Waals surface area contributed by atoms with E-state index in [9.17, 15) is 19.5 Å². The quantitative estimate of drug-likeness (QED) is 0.601. The molecule has 2 aliphatic rings. The van der Waals surface area contributed by atoms with Crippen molar-refractivity contribution in [1.29, 1.82) is 0 Å². The van der Waals surface area contributed by atoms with Crippen molar-refractivity contribution in [2.45, 2.75) is 49.6 Å². The number of likely N-dealkylation sites (tertiary alicyclic amines) is 1. The Balaban J connectivity index is 1.52. The minimum Gasteiger partial charge on any atom is -0.480 e. The number of hydrogen-bond acceptors (Lipinski definition) is 4. The molecular formula is C26H31N3O4. The Morgan fingerprint density at radius 3 is 2.24 bits per heavy atom. The number of carbonyl (C=O) groups is 3. The van der Waals surface area contributed by atoms with E-state index in [0.717, 1.165) is 30.5 Å². The summed E-state index contributed by atoms with van der Waals surface area (Å²) in [6.45, 7) is 1.80. The molecule has 2 aromatic rings. The normalized spacial score (nSPS) is 20.7. The molecule has 0 spiro atoms. The number of carboxylic acid groups (broad SMARTS) is 1. The Bertz CT molecular complexity index is 966. The first-order chi connectivity index (χ1) is 16.0. The van der Waals surface area contributed by atoms with E-state index in [1.807, 2.05) is 65.6 Å². The predicted octanol–water partition coefficient (Wildman–Crippen LogP) is 2.11. The van der Waals surface area contributed by atoms with Crippen LogP contribution in [0.2, 0.25) is 0 Å². The average Bonchev–Trinajstić information content (AvgIpc) is 3.39. The summed E-state index contributed by atoms with van der Waals surface area (Å²) in [6.07, 6.45) is 2.97. The molecule has 0 bridgehead atoms. The summed E-state index contributed by atoms with van der Waals surface area (Å²) in [5.41, 5.74) is 0.840. The second-order valence-corrected chi connectivity index (χ2v) is 8.98. The number of benzene rings is 2. The summed E-state index contributed by atoms with van der Waals surface area (Å²) in [5.74, 6) is -1.25.